The number of rotatable bonds is 3. The number of esters is 1. The Morgan fingerprint density at radius 3 is 2.43 bits per heavy atom. The van der Waals surface area contributed by atoms with Crippen LogP contribution in [0.15, 0.2) is 24.3 Å². The molecule has 0 heterocycles. The summed E-state index contributed by atoms with van der Waals surface area (Å²) in [6.45, 7) is 0. The molecule has 0 amide bonds. The lowest BCUT2D eigenvalue weighted by Crippen LogP contribution is -2.01. The molecule has 0 aromatic heterocycles. The van der Waals surface area contributed by atoms with Gasteiger partial charge in [-0.1, -0.05) is 12.1 Å². The van der Waals surface area contributed by atoms with Gasteiger partial charge < -0.3 is 10.5 Å². The van der Waals surface area contributed by atoms with Crippen LogP contribution >= 0.6 is 12.4 Å². The first-order valence-corrected chi connectivity index (χ1v) is 4.13. The van der Waals surface area contributed by atoms with Gasteiger partial charge in [-0.2, -0.15) is 0 Å². The van der Waals surface area contributed by atoms with Gasteiger partial charge in [0.15, 0.2) is 0 Å². The van der Waals surface area contributed by atoms with E-state index >= 15 is 0 Å². The lowest BCUT2D eigenvalue weighted by atomic mass is 10.1. The third kappa shape index (κ3) is 4.14. The molecule has 0 fully saturated rings. The van der Waals surface area contributed by atoms with E-state index in [1.165, 1.54) is 7.11 Å². The lowest BCUT2D eigenvalue weighted by Gasteiger charge is -2.00. The van der Waals surface area contributed by atoms with Crippen LogP contribution in [0.4, 0.5) is 5.69 Å². The smallest absolute Gasteiger partial charge is 0.305 e. The second-order valence-corrected chi connectivity index (χ2v) is 2.82. The van der Waals surface area contributed by atoms with Gasteiger partial charge in [0.05, 0.1) is 7.11 Å². The fourth-order valence-electron chi connectivity index (χ4n) is 1.03. The minimum atomic E-state index is -0.183. The Balaban J connectivity index is 0.00000169. The summed E-state index contributed by atoms with van der Waals surface area (Å²) in [7, 11) is 1.39. The van der Waals surface area contributed by atoms with Crippen LogP contribution in [0, 0.1) is 0 Å². The number of carbonyl (C=O) groups excluding carboxylic acids is 1. The molecule has 0 saturated carbocycles. The van der Waals surface area contributed by atoms with Crippen LogP contribution in [0.3, 0.4) is 0 Å². The van der Waals surface area contributed by atoms with Crippen LogP contribution < -0.4 is 5.73 Å². The molecular weight excluding hydrogens is 202 g/mol. The van der Waals surface area contributed by atoms with E-state index in [0.29, 0.717) is 12.8 Å². The minimum absolute atomic E-state index is 0. The molecule has 0 aliphatic carbocycles. The third-order valence-electron chi connectivity index (χ3n) is 1.83. The molecule has 1 aromatic rings. The maximum atomic E-state index is 10.8. The minimum Gasteiger partial charge on any atom is -0.469 e. The van der Waals surface area contributed by atoms with E-state index in [0.717, 1.165) is 11.3 Å². The number of hydrogen-bond donors (Lipinski definition) is 1. The summed E-state index contributed by atoms with van der Waals surface area (Å²) < 4.78 is 4.53. The molecule has 0 radical (unpaired) electrons. The van der Waals surface area contributed by atoms with Gasteiger partial charge in [0.1, 0.15) is 0 Å². The largest absolute Gasteiger partial charge is 0.469 e. The molecule has 78 valence electrons. The highest BCUT2D eigenvalue weighted by Gasteiger charge is 2.00. The monoisotopic (exact) mass is 215 g/mol. The zero-order valence-corrected chi connectivity index (χ0v) is 8.84. The Labute approximate surface area is 89.7 Å². The Morgan fingerprint density at radius 1 is 1.36 bits per heavy atom. The third-order valence-corrected chi connectivity index (χ3v) is 1.83. The molecule has 1 aromatic carbocycles. The molecule has 0 aliphatic heterocycles. The van der Waals surface area contributed by atoms with E-state index in [9.17, 15) is 4.79 Å². The molecule has 2 N–H and O–H groups in total. The zero-order chi connectivity index (χ0) is 9.68. The van der Waals surface area contributed by atoms with Gasteiger partial charge in [-0.25, -0.2) is 0 Å². The van der Waals surface area contributed by atoms with Gasteiger partial charge in [0.2, 0.25) is 0 Å². The maximum Gasteiger partial charge on any atom is 0.305 e. The molecule has 1 rings (SSSR count). The summed E-state index contributed by atoms with van der Waals surface area (Å²) in [5.41, 5.74) is 7.35. The molecule has 3 nitrogen and oxygen atoms in total. The predicted octanol–water partition coefficient (Wildman–Crippen LogP) is 1.80. The van der Waals surface area contributed by atoms with Crippen molar-refractivity contribution in [3.8, 4) is 0 Å². The molecule has 4 heteroatoms. The molecule has 0 aliphatic rings. The summed E-state index contributed by atoms with van der Waals surface area (Å²) in [5, 5.41) is 0. The van der Waals surface area contributed by atoms with Crippen molar-refractivity contribution < 1.29 is 9.53 Å². The second kappa shape index (κ2) is 6.27. The molecule has 0 bridgehead atoms. The lowest BCUT2D eigenvalue weighted by molar-refractivity contribution is -0.140. The SMILES string of the molecule is COC(=O)CCc1ccc(N)cc1.Cl. The summed E-state index contributed by atoms with van der Waals surface area (Å²) in [5.74, 6) is -0.183. The maximum absolute atomic E-state index is 10.8. The van der Waals surface area contributed by atoms with Crippen molar-refractivity contribution in [2.24, 2.45) is 0 Å². The number of nitrogen functional groups attached to an aromatic ring is 1. The number of carbonyl (C=O) groups is 1. The normalized spacial score (nSPS) is 8.93. The number of halogens is 1. The second-order valence-electron chi connectivity index (χ2n) is 2.82. The van der Waals surface area contributed by atoms with E-state index in [1.54, 1.807) is 0 Å². The van der Waals surface area contributed by atoms with Gasteiger partial charge in [-0.15, -0.1) is 12.4 Å². The number of nitrogens with two attached hydrogens (primary N) is 1. The summed E-state index contributed by atoms with van der Waals surface area (Å²) in [6, 6.07) is 7.48. The predicted molar refractivity (Wildman–Crippen MR) is 58.4 cm³/mol. The first-order valence-electron chi connectivity index (χ1n) is 4.13. The summed E-state index contributed by atoms with van der Waals surface area (Å²) >= 11 is 0. The zero-order valence-electron chi connectivity index (χ0n) is 8.03. The Hall–Kier alpha value is -1.22. The van der Waals surface area contributed by atoms with Gasteiger partial charge in [0.25, 0.3) is 0 Å². The van der Waals surface area contributed by atoms with Crippen molar-refractivity contribution in [3.63, 3.8) is 0 Å². The van der Waals surface area contributed by atoms with Crippen LogP contribution in [-0.2, 0) is 16.0 Å². The van der Waals surface area contributed by atoms with Crippen LogP contribution in [-0.4, -0.2) is 13.1 Å². The van der Waals surface area contributed by atoms with Gasteiger partial charge in [0, 0.05) is 12.1 Å². The fraction of sp³-hybridized carbons (Fsp3) is 0.300. The number of methoxy groups -OCH3 is 1. The van der Waals surface area contributed by atoms with E-state index in [2.05, 4.69) is 4.74 Å². The van der Waals surface area contributed by atoms with Crippen molar-refractivity contribution in [1.29, 1.82) is 0 Å². The van der Waals surface area contributed by atoms with Crippen molar-refractivity contribution >= 4 is 24.1 Å². The van der Waals surface area contributed by atoms with Crippen LogP contribution in [0.5, 0.6) is 0 Å². The first kappa shape index (κ1) is 12.8. The molecule has 14 heavy (non-hydrogen) atoms. The van der Waals surface area contributed by atoms with Gasteiger partial charge >= 0.3 is 5.97 Å². The standard InChI is InChI=1S/C10H13NO2.ClH/c1-13-10(12)7-4-8-2-5-9(11)6-3-8;/h2-3,5-6H,4,7,11H2,1H3;1H. The summed E-state index contributed by atoms with van der Waals surface area (Å²) in [6.07, 6.45) is 1.12. The Morgan fingerprint density at radius 2 is 1.93 bits per heavy atom. The van der Waals surface area contributed by atoms with Crippen LogP contribution in [0.1, 0.15) is 12.0 Å². The topological polar surface area (TPSA) is 52.3 Å². The van der Waals surface area contributed by atoms with Crippen molar-refractivity contribution in [3.05, 3.63) is 29.8 Å². The number of aryl methyl sites for hydroxylation is 1. The van der Waals surface area contributed by atoms with Gasteiger partial charge in [-0.3, -0.25) is 4.79 Å². The Kier molecular flexibility index (Phi) is 5.72. The quantitative estimate of drug-likeness (QED) is 0.618. The van der Waals surface area contributed by atoms with Crippen molar-refractivity contribution in [2.45, 2.75) is 12.8 Å². The molecule has 0 spiro atoms. The van der Waals surface area contributed by atoms with Crippen molar-refractivity contribution in [2.75, 3.05) is 12.8 Å². The molecular formula is C10H14ClNO2. The average molecular weight is 216 g/mol. The fourth-order valence-corrected chi connectivity index (χ4v) is 1.03. The number of anilines is 1. The first-order chi connectivity index (χ1) is 6.22. The van der Waals surface area contributed by atoms with Crippen LogP contribution in [0.25, 0.3) is 0 Å². The summed E-state index contributed by atoms with van der Waals surface area (Å²) in [4.78, 5) is 10.8. The van der Waals surface area contributed by atoms with E-state index in [1.807, 2.05) is 24.3 Å². The van der Waals surface area contributed by atoms with E-state index in [-0.39, 0.29) is 18.4 Å². The number of ether oxygens (including phenoxy) is 1. The van der Waals surface area contributed by atoms with E-state index < -0.39 is 0 Å². The Bertz CT molecular complexity index is 285. The molecule has 0 saturated heterocycles. The average Bonchev–Trinajstić information content (AvgIpc) is 2.16. The number of hydrogen-bond acceptors (Lipinski definition) is 3. The highest BCUT2D eigenvalue weighted by molar-refractivity contribution is 5.85. The molecule has 0 unspecified atom stereocenters. The van der Waals surface area contributed by atoms with Crippen molar-refractivity contribution in [1.82, 2.24) is 0 Å². The molecule has 0 atom stereocenters. The van der Waals surface area contributed by atoms with Gasteiger partial charge in [-0.05, 0) is 24.1 Å². The van der Waals surface area contributed by atoms with E-state index in [4.69, 9.17) is 5.73 Å². The number of benzene rings is 1. The highest BCUT2D eigenvalue weighted by Crippen LogP contribution is 2.07. The van der Waals surface area contributed by atoms with Crippen LogP contribution in [0.2, 0.25) is 0 Å². The highest BCUT2D eigenvalue weighted by atomic mass is 35.5.